The van der Waals surface area contributed by atoms with E-state index in [4.69, 9.17) is 0 Å². The first-order valence-electron chi connectivity index (χ1n) is 7.52. The van der Waals surface area contributed by atoms with Gasteiger partial charge in [-0.1, -0.05) is 32.0 Å². The van der Waals surface area contributed by atoms with Gasteiger partial charge in [0.1, 0.15) is 13.1 Å². The minimum Gasteiger partial charge on any atom is -0.337 e. The number of aryl methyl sites for hydroxylation is 1. The summed E-state index contributed by atoms with van der Waals surface area (Å²) in [5, 5.41) is 2.48. The fourth-order valence-corrected chi connectivity index (χ4v) is 3.43. The molecule has 0 bridgehead atoms. The summed E-state index contributed by atoms with van der Waals surface area (Å²) in [6.45, 7) is 11.9. The molecule has 1 aromatic carbocycles. The van der Waals surface area contributed by atoms with Crippen LogP contribution in [-0.2, 0) is 6.54 Å². The van der Waals surface area contributed by atoms with E-state index in [1.807, 2.05) is 0 Å². The fraction of sp³-hybridized carbons (Fsp3) is 0.625. The van der Waals surface area contributed by atoms with Crippen LogP contribution in [0, 0.1) is 6.92 Å². The second-order valence-corrected chi connectivity index (χ2v) is 5.59. The van der Waals surface area contributed by atoms with E-state index in [9.17, 15) is 0 Å². The molecule has 0 unspecified atom stereocenters. The van der Waals surface area contributed by atoms with E-state index in [0.29, 0.717) is 6.04 Å². The van der Waals surface area contributed by atoms with Crippen molar-refractivity contribution >= 4 is 0 Å². The molecule has 3 N–H and O–H groups in total. The number of nitrogens with two attached hydrogens (primary N) is 1. The van der Waals surface area contributed by atoms with Crippen molar-refractivity contribution in [2.45, 2.75) is 46.2 Å². The Kier molecular flexibility index (Phi) is 4.79. The third-order valence-electron chi connectivity index (χ3n) is 4.16. The smallest absolute Gasteiger partial charge is 0.163 e. The minimum atomic E-state index is 0.704. The number of benzene rings is 1. The number of fused-ring (bicyclic) bond motifs is 1. The summed E-state index contributed by atoms with van der Waals surface area (Å²) in [4.78, 5) is 1.78. The molecule has 1 aliphatic heterocycles. The lowest BCUT2D eigenvalue weighted by atomic mass is 9.91. The van der Waals surface area contributed by atoms with Crippen LogP contribution in [0.25, 0.3) is 0 Å². The van der Waals surface area contributed by atoms with Crippen LogP contribution in [0.2, 0.25) is 0 Å². The second kappa shape index (κ2) is 6.35. The largest absolute Gasteiger partial charge is 0.337 e. The zero-order chi connectivity index (χ0) is 13.0. The van der Waals surface area contributed by atoms with Gasteiger partial charge in [0.25, 0.3) is 0 Å². The van der Waals surface area contributed by atoms with Gasteiger partial charge >= 0.3 is 0 Å². The van der Waals surface area contributed by atoms with Gasteiger partial charge in [-0.3, -0.25) is 0 Å². The van der Waals surface area contributed by atoms with Crippen molar-refractivity contribution in [2.75, 3.05) is 19.6 Å². The lowest BCUT2D eigenvalue weighted by Crippen LogP contribution is -3.15. The van der Waals surface area contributed by atoms with Gasteiger partial charge in [-0.05, 0) is 25.3 Å². The summed E-state index contributed by atoms with van der Waals surface area (Å²) in [7, 11) is 0. The molecule has 0 radical (unpaired) electrons. The SMILES string of the molecule is CCC[NH+](CCC)[C@@H]1C[NH2+]Cc2cccc(C)c21. The molecule has 2 heteroatoms. The average Bonchev–Trinajstić information content (AvgIpc) is 2.38. The van der Waals surface area contributed by atoms with Crippen molar-refractivity contribution in [3.8, 4) is 0 Å². The number of rotatable bonds is 5. The van der Waals surface area contributed by atoms with Crippen molar-refractivity contribution in [3.63, 3.8) is 0 Å². The first kappa shape index (κ1) is 13.6. The van der Waals surface area contributed by atoms with Gasteiger partial charge in [-0.25, -0.2) is 0 Å². The summed E-state index contributed by atoms with van der Waals surface area (Å²) in [5.41, 5.74) is 4.71. The molecule has 2 rings (SSSR count). The summed E-state index contributed by atoms with van der Waals surface area (Å²) in [5.74, 6) is 0. The van der Waals surface area contributed by atoms with Crippen molar-refractivity contribution in [2.24, 2.45) is 0 Å². The highest BCUT2D eigenvalue weighted by molar-refractivity contribution is 5.36. The van der Waals surface area contributed by atoms with Gasteiger partial charge in [0.2, 0.25) is 0 Å². The first-order chi connectivity index (χ1) is 8.77. The molecule has 1 heterocycles. The van der Waals surface area contributed by atoms with Crippen molar-refractivity contribution in [3.05, 3.63) is 34.9 Å². The van der Waals surface area contributed by atoms with E-state index in [1.165, 1.54) is 44.6 Å². The fourth-order valence-electron chi connectivity index (χ4n) is 3.43. The predicted molar refractivity (Wildman–Crippen MR) is 75.7 cm³/mol. The lowest BCUT2D eigenvalue weighted by Gasteiger charge is -2.32. The van der Waals surface area contributed by atoms with E-state index < -0.39 is 0 Å². The molecule has 1 atom stereocenters. The third kappa shape index (κ3) is 2.76. The summed E-state index contributed by atoms with van der Waals surface area (Å²) < 4.78 is 0. The standard InChI is InChI=1S/C16H26N2/c1-4-9-18(10-5-2)15-12-17-11-14-8-6-7-13(3)16(14)15/h6-8,15,17H,4-5,9-12H2,1-3H3/p+2/t15-/m1/s1. The van der Waals surface area contributed by atoms with Crippen LogP contribution in [-0.4, -0.2) is 19.6 Å². The number of hydrogen-bond donors (Lipinski definition) is 2. The van der Waals surface area contributed by atoms with Crippen LogP contribution in [0.4, 0.5) is 0 Å². The molecule has 1 aliphatic rings. The van der Waals surface area contributed by atoms with E-state index in [2.05, 4.69) is 44.3 Å². The van der Waals surface area contributed by atoms with Gasteiger partial charge < -0.3 is 10.2 Å². The van der Waals surface area contributed by atoms with Gasteiger partial charge in [0.15, 0.2) is 6.04 Å². The summed E-state index contributed by atoms with van der Waals surface area (Å²) in [6.07, 6.45) is 2.57. The minimum absolute atomic E-state index is 0.704. The van der Waals surface area contributed by atoms with Crippen LogP contribution in [0.5, 0.6) is 0 Å². The van der Waals surface area contributed by atoms with E-state index in [0.717, 1.165) is 0 Å². The first-order valence-corrected chi connectivity index (χ1v) is 7.52. The topological polar surface area (TPSA) is 21.1 Å². The highest BCUT2D eigenvalue weighted by Crippen LogP contribution is 2.21. The van der Waals surface area contributed by atoms with Gasteiger partial charge in [-0.2, -0.15) is 0 Å². The molecular weight excluding hydrogens is 220 g/mol. The summed E-state index contributed by atoms with van der Waals surface area (Å²) >= 11 is 0. The molecule has 18 heavy (non-hydrogen) atoms. The highest BCUT2D eigenvalue weighted by Gasteiger charge is 2.31. The van der Waals surface area contributed by atoms with Crippen molar-refractivity contribution < 1.29 is 10.2 Å². The van der Waals surface area contributed by atoms with Crippen LogP contribution < -0.4 is 10.2 Å². The quantitative estimate of drug-likeness (QED) is 0.770. The Balaban J connectivity index is 2.29. The Morgan fingerprint density at radius 3 is 2.61 bits per heavy atom. The zero-order valence-electron chi connectivity index (χ0n) is 12.1. The maximum absolute atomic E-state index is 2.48. The number of quaternary nitrogens is 2. The van der Waals surface area contributed by atoms with E-state index in [1.54, 1.807) is 16.0 Å². The Bertz CT molecular complexity index is 381. The zero-order valence-corrected chi connectivity index (χ0v) is 12.1. The number of hydrogen-bond acceptors (Lipinski definition) is 0. The van der Waals surface area contributed by atoms with Crippen LogP contribution >= 0.6 is 0 Å². The summed E-state index contributed by atoms with van der Waals surface area (Å²) in [6, 6.07) is 7.52. The van der Waals surface area contributed by atoms with Gasteiger partial charge in [0.05, 0.1) is 13.1 Å². The number of nitrogens with one attached hydrogen (secondary N) is 1. The molecule has 0 aromatic heterocycles. The Hall–Kier alpha value is -0.860. The monoisotopic (exact) mass is 248 g/mol. The van der Waals surface area contributed by atoms with Gasteiger partial charge in [0, 0.05) is 11.1 Å². The molecule has 0 saturated carbocycles. The van der Waals surface area contributed by atoms with Gasteiger partial charge in [-0.15, -0.1) is 0 Å². The van der Waals surface area contributed by atoms with Crippen LogP contribution in [0.3, 0.4) is 0 Å². The molecule has 1 aromatic rings. The molecule has 0 spiro atoms. The normalized spacial score (nSPS) is 19.0. The molecular formula is C16H28N2+2. The maximum Gasteiger partial charge on any atom is 0.163 e. The van der Waals surface area contributed by atoms with Crippen molar-refractivity contribution in [1.29, 1.82) is 0 Å². The van der Waals surface area contributed by atoms with E-state index in [-0.39, 0.29) is 0 Å². The molecule has 0 aliphatic carbocycles. The van der Waals surface area contributed by atoms with Crippen LogP contribution in [0.1, 0.15) is 49.4 Å². The average molecular weight is 248 g/mol. The Morgan fingerprint density at radius 2 is 1.94 bits per heavy atom. The second-order valence-electron chi connectivity index (χ2n) is 5.59. The van der Waals surface area contributed by atoms with Crippen molar-refractivity contribution in [1.82, 2.24) is 0 Å². The van der Waals surface area contributed by atoms with Crippen LogP contribution in [0.15, 0.2) is 18.2 Å². The predicted octanol–water partition coefficient (Wildman–Crippen LogP) is 0.818. The molecule has 0 fully saturated rings. The molecule has 0 saturated heterocycles. The lowest BCUT2D eigenvalue weighted by molar-refractivity contribution is -0.948. The highest BCUT2D eigenvalue weighted by atomic mass is 15.2. The maximum atomic E-state index is 2.48. The third-order valence-corrected chi connectivity index (χ3v) is 4.16. The molecule has 2 nitrogen and oxygen atoms in total. The van der Waals surface area contributed by atoms with E-state index >= 15 is 0 Å². The molecule has 0 amide bonds. The molecule has 100 valence electrons. The Morgan fingerprint density at radius 1 is 1.22 bits per heavy atom. The Labute approximate surface area is 111 Å².